The first-order valence-corrected chi connectivity index (χ1v) is 5.37. The average Bonchev–Trinajstić information content (AvgIpc) is 2.49. The van der Waals surface area contributed by atoms with Crippen molar-refractivity contribution >= 4 is 27.1 Å². The summed E-state index contributed by atoms with van der Waals surface area (Å²) in [5, 5.41) is 3.28. The molecule has 0 radical (unpaired) electrons. The molecule has 2 N–H and O–H groups in total. The van der Waals surface area contributed by atoms with Crippen LogP contribution in [0, 0.1) is 6.92 Å². The van der Waals surface area contributed by atoms with Crippen LogP contribution in [0.5, 0.6) is 0 Å². The molecule has 13 heavy (non-hydrogen) atoms. The minimum absolute atomic E-state index is 0.924. The Morgan fingerprint density at radius 2 is 2.15 bits per heavy atom. The predicted molar refractivity (Wildman–Crippen MR) is 60.4 cm³/mol. The molecule has 68 valence electrons. The van der Waals surface area contributed by atoms with E-state index in [2.05, 4.69) is 26.0 Å². The van der Waals surface area contributed by atoms with E-state index >= 15 is 0 Å². The lowest BCUT2D eigenvalue weighted by Crippen LogP contribution is -1.89. The van der Waals surface area contributed by atoms with Crippen LogP contribution in [-0.4, -0.2) is 0 Å². The van der Waals surface area contributed by atoms with Crippen molar-refractivity contribution in [3.8, 4) is 0 Å². The minimum Gasteiger partial charge on any atom is -0.398 e. The van der Waals surface area contributed by atoms with E-state index in [1.54, 1.807) is 11.3 Å². The van der Waals surface area contributed by atoms with Crippen LogP contribution in [0.25, 0.3) is 10.1 Å². The Kier molecular flexibility index (Phi) is 2.00. The predicted octanol–water partition coefficient (Wildman–Crippen LogP) is 3.35. The van der Waals surface area contributed by atoms with Crippen molar-refractivity contribution in [2.75, 3.05) is 5.73 Å². The molecule has 1 nitrogen and oxygen atoms in total. The van der Waals surface area contributed by atoms with E-state index in [0.29, 0.717) is 0 Å². The van der Waals surface area contributed by atoms with Gasteiger partial charge in [-0.1, -0.05) is 13.0 Å². The highest BCUT2D eigenvalue weighted by atomic mass is 32.1. The lowest BCUT2D eigenvalue weighted by atomic mass is 10.0. The zero-order chi connectivity index (χ0) is 9.42. The highest BCUT2D eigenvalue weighted by Crippen LogP contribution is 2.32. The molecular weight excluding hydrogens is 178 g/mol. The van der Waals surface area contributed by atoms with Crippen LogP contribution in [0.4, 0.5) is 5.69 Å². The maximum absolute atomic E-state index is 5.91. The monoisotopic (exact) mass is 191 g/mol. The first kappa shape index (κ1) is 8.57. The molecule has 0 spiro atoms. The van der Waals surface area contributed by atoms with Gasteiger partial charge in [0.2, 0.25) is 0 Å². The fourth-order valence-corrected chi connectivity index (χ4v) is 2.66. The molecule has 0 fully saturated rings. The topological polar surface area (TPSA) is 26.0 Å². The summed E-state index contributed by atoms with van der Waals surface area (Å²) < 4.78 is 1.30. The van der Waals surface area contributed by atoms with Crippen LogP contribution in [0.2, 0.25) is 0 Å². The van der Waals surface area contributed by atoms with Gasteiger partial charge in [0.25, 0.3) is 0 Å². The Balaban J connectivity index is 2.83. The third kappa shape index (κ3) is 1.22. The van der Waals surface area contributed by atoms with Gasteiger partial charge in [-0.3, -0.25) is 0 Å². The number of hydrogen-bond donors (Lipinski definition) is 1. The molecular formula is C11H13NS. The molecule has 1 aromatic carbocycles. The van der Waals surface area contributed by atoms with Gasteiger partial charge < -0.3 is 5.73 Å². The number of hydrogen-bond acceptors (Lipinski definition) is 2. The van der Waals surface area contributed by atoms with Gasteiger partial charge in [-0.2, -0.15) is 0 Å². The molecule has 0 unspecified atom stereocenters. The number of rotatable bonds is 1. The molecule has 0 aliphatic heterocycles. The second-order valence-electron chi connectivity index (χ2n) is 3.27. The summed E-state index contributed by atoms with van der Waals surface area (Å²) in [5.41, 5.74) is 9.58. The highest BCUT2D eigenvalue weighted by Gasteiger charge is 2.06. The van der Waals surface area contributed by atoms with Gasteiger partial charge in [-0.05, 0) is 30.5 Å². The Morgan fingerprint density at radius 3 is 2.85 bits per heavy atom. The number of benzene rings is 1. The van der Waals surface area contributed by atoms with E-state index < -0.39 is 0 Å². The first-order valence-electron chi connectivity index (χ1n) is 4.49. The maximum Gasteiger partial charge on any atom is 0.0505 e. The van der Waals surface area contributed by atoms with Gasteiger partial charge in [0, 0.05) is 15.5 Å². The number of anilines is 1. The number of nitrogens with two attached hydrogens (primary N) is 1. The smallest absolute Gasteiger partial charge is 0.0505 e. The van der Waals surface area contributed by atoms with Crippen molar-refractivity contribution in [2.24, 2.45) is 0 Å². The Hall–Kier alpha value is -1.02. The normalized spacial score (nSPS) is 10.9. The zero-order valence-corrected chi connectivity index (χ0v) is 8.74. The molecule has 0 atom stereocenters. The molecule has 0 aliphatic carbocycles. The van der Waals surface area contributed by atoms with Crippen LogP contribution in [0.1, 0.15) is 18.1 Å². The van der Waals surface area contributed by atoms with Crippen molar-refractivity contribution in [3.63, 3.8) is 0 Å². The van der Waals surface area contributed by atoms with Gasteiger partial charge in [-0.25, -0.2) is 0 Å². The Labute approximate surface area is 82.2 Å². The van der Waals surface area contributed by atoms with Crippen LogP contribution >= 0.6 is 11.3 Å². The lowest BCUT2D eigenvalue weighted by molar-refractivity contribution is 1.12. The summed E-state index contributed by atoms with van der Waals surface area (Å²) in [6.07, 6.45) is 1.08. The van der Waals surface area contributed by atoms with Gasteiger partial charge >= 0.3 is 0 Å². The summed E-state index contributed by atoms with van der Waals surface area (Å²) in [7, 11) is 0. The van der Waals surface area contributed by atoms with E-state index in [9.17, 15) is 0 Å². The van der Waals surface area contributed by atoms with Crippen molar-refractivity contribution in [1.82, 2.24) is 0 Å². The molecule has 0 saturated carbocycles. The fraction of sp³-hybridized carbons (Fsp3) is 0.273. The van der Waals surface area contributed by atoms with Crippen molar-refractivity contribution in [2.45, 2.75) is 20.3 Å². The Bertz CT molecular complexity index is 443. The van der Waals surface area contributed by atoms with Gasteiger partial charge in [0.1, 0.15) is 0 Å². The molecule has 2 aromatic rings. The fourth-order valence-electron chi connectivity index (χ4n) is 1.76. The van der Waals surface area contributed by atoms with Crippen molar-refractivity contribution in [3.05, 3.63) is 28.6 Å². The molecule has 2 heteroatoms. The molecule has 1 aromatic heterocycles. The molecule has 0 bridgehead atoms. The summed E-state index contributed by atoms with van der Waals surface area (Å²) in [6, 6.07) is 4.37. The van der Waals surface area contributed by atoms with E-state index in [0.717, 1.165) is 12.1 Å². The largest absolute Gasteiger partial charge is 0.398 e. The molecule has 0 amide bonds. The first-order chi connectivity index (χ1) is 6.24. The average molecular weight is 191 g/mol. The SMILES string of the molecule is CCc1ccc2scc(N)c2c1C. The second kappa shape index (κ2) is 3.04. The number of nitrogen functional groups attached to an aromatic ring is 1. The van der Waals surface area contributed by atoms with Gasteiger partial charge in [-0.15, -0.1) is 11.3 Å². The molecule has 2 rings (SSSR count). The number of thiophene rings is 1. The third-order valence-corrected chi connectivity index (χ3v) is 3.49. The third-order valence-electron chi connectivity index (χ3n) is 2.52. The Morgan fingerprint density at radius 1 is 1.38 bits per heavy atom. The summed E-state index contributed by atoms with van der Waals surface area (Å²) in [4.78, 5) is 0. The van der Waals surface area contributed by atoms with Gasteiger partial charge in [0.15, 0.2) is 0 Å². The minimum atomic E-state index is 0.924. The lowest BCUT2D eigenvalue weighted by Gasteiger charge is -2.04. The van der Waals surface area contributed by atoms with Crippen LogP contribution in [0.15, 0.2) is 17.5 Å². The van der Waals surface area contributed by atoms with E-state index in [4.69, 9.17) is 5.73 Å². The van der Waals surface area contributed by atoms with Crippen LogP contribution < -0.4 is 5.73 Å². The quantitative estimate of drug-likeness (QED) is 0.735. The van der Waals surface area contributed by atoms with Crippen molar-refractivity contribution in [1.29, 1.82) is 0 Å². The second-order valence-corrected chi connectivity index (χ2v) is 4.18. The molecule has 1 heterocycles. The molecule has 0 saturated heterocycles. The van der Waals surface area contributed by atoms with Crippen molar-refractivity contribution < 1.29 is 0 Å². The van der Waals surface area contributed by atoms with Crippen LogP contribution in [0.3, 0.4) is 0 Å². The zero-order valence-electron chi connectivity index (χ0n) is 7.92. The summed E-state index contributed by atoms with van der Waals surface area (Å²) >= 11 is 1.72. The van der Waals surface area contributed by atoms with E-state index in [1.165, 1.54) is 21.2 Å². The standard InChI is InChI=1S/C11H13NS/c1-3-8-4-5-10-11(7(8)2)9(12)6-13-10/h4-6H,3,12H2,1-2H3. The maximum atomic E-state index is 5.91. The van der Waals surface area contributed by atoms with Crippen LogP contribution in [-0.2, 0) is 6.42 Å². The van der Waals surface area contributed by atoms with E-state index in [-0.39, 0.29) is 0 Å². The number of aryl methyl sites for hydroxylation is 2. The van der Waals surface area contributed by atoms with Gasteiger partial charge in [0.05, 0.1) is 5.69 Å². The molecule has 0 aliphatic rings. The highest BCUT2D eigenvalue weighted by molar-refractivity contribution is 7.17. The summed E-state index contributed by atoms with van der Waals surface area (Å²) in [5.74, 6) is 0. The van der Waals surface area contributed by atoms with E-state index in [1.807, 2.05) is 5.38 Å². The summed E-state index contributed by atoms with van der Waals surface area (Å²) in [6.45, 7) is 4.33. The number of fused-ring (bicyclic) bond motifs is 1.